The molecule has 2 rings (SSSR count). The Morgan fingerprint density at radius 3 is 2.61 bits per heavy atom. The van der Waals surface area contributed by atoms with Crippen molar-refractivity contribution in [2.45, 2.75) is 44.4 Å². The van der Waals surface area contributed by atoms with Crippen molar-refractivity contribution in [1.82, 2.24) is 0 Å². The molecule has 18 heavy (non-hydrogen) atoms. The minimum Gasteiger partial charge on any atom is -0.496 e. The number of ether oxygens (including phenoxy) is 1. The molecule has 1 aliphatic carbocycles. The van der Waals surface area contributed by atoms with Gasteiger partial charge in [0, 0.05) is 5.41 Å². The van der Waals surface area contributed by atoms with Crippen LogP contribution in [0.15, 0.2) is 18.2 Å². The number of aliphatic carboxylic acids is 1. The number of hydrogen-bond donors (Lipinski definition) is 1. The highest BCUT2D eigenvalue weighted by molar-refractivity contribution is 5.69. The van der Waals surface area contributed by atoms with Gasteiger partial charge in [0.25, 0.3) is 0 Å². The number of benzene rings is 1. The summed E-state index contributed by atoms with van der Waals surface area (Å²) < 4.78 is 5.44. The van der Waals surface area contributed by atoms with E-state index in [0.717, 1.165) is 11.3 Å². The average molecular weight is 248 g/mol. The SMILES string of the molecule is COc1cc(C(C)(C)CC(=O)O)ccc1C1CC1. The number of carboxylic acid groups (broad SMARTS) is 1. The van der Waals surface area contributed by atoms with E-state index in [1.165, 1.54) is 18.4 Å². The van der Waals surface area contributed by atoms with Crippen LogP contribution in [0.4, 0.5) is 0 Å². The second kappa shape index (κ2) is 4.63. The van der Waals surface area contributed by atoms with Gasteiger partial charge in [-0.15, -0.1) is 0 Å². The number of methoxy groups -OCH3 is 1. The van der Waals surface area contributed by atoms with Gasteiger partial charge in [-0.25, -0.2) is 0 Å². The summed E-state index contributed by atoms with van der Waals surface area (Å²) in [6.07, 6.45) is 2.58. The number of rotatable bonds is 5. The van der Waals surface area contributed by atoms with Crippen LogP contribution in [0.1, 0.15) is 50.2 Å². The van der Waals surface area contributed by atoms with Crippen molar-refractivity contribution >= 4 is 5.97 Å². The highest BCUT2D eigenvalue weighted by atomic mass is 16.5. The summed E-state index contributed by atoms with van der Waals surface area (Å²) in [5.41, 5.74) is 1.90. The maximum atomic E-state index is 10.9. The number of hydrogen-bond acceptors (Lipinski definition) is 2. The average Bonchev–Trinajstić information content (AvgIpc) is 3.10. The zero-order chi connectivity index (χ0) is 13.3. The van der Waals surface area contributed by atoms with Gasteiger partial charge in [-0.05, 0) is 36.0 Å². The standard InChI is InChI=1S/C15H20O3/c1-15(2,9-14(16)17)11-6-7-12(10-4-5-10)13(8-11)18-3/h6-8,10H,4-5,9H2,1-3H3,(H,16,17). The van der Waals surface area contributed by atoms with Gasteiger partial charge in [0.15, 0.2) is 0 Å². The molecule has 1 aromatic carbocycles. The molecule has 0 bridgehead atoms. The lowest BCUT2D eigenvalue weighted by molar-refractivity contribution is -0.138. The van der Waals surface area contributed by atoms with Crippen molar-refractivity contribution in [3.8, 4) is 5.75 Å². The summed E-state index contributed by atoms with van der Waals surface area (Å²) in [5, 5.41) is 8.96. The third-order valence-corrected chi connectivity index (χ3v) is 3.63. The van der Waals surface area contributed by atoms with Crippen LogP contribution < -0.4 is 4.74 Å². The molecule has 0 spiro atoms. The van der Waals surface area contributed by atoms with Crippen LogP contribution in [0.5, 0.6) is 5.75 Å². The Bertz CT molecular complexity index is 459. The van der Waals surface area contributed by atoms with Gasteiger partial charge in [0.1, 0.15) is 5.75 Å². The first-order chi connectivity index (χ1) is 8.44. The van der Waals surface area contributed by atoms with E-state index >= 15 is 0 Å². The molecule has 1 aromatic rings. The van der Waals surface area contributed by atoms with E-state index < -0.39 is 5.97 Å². The van der Waals surface area contributed by atoms with Crippen LogP contribution in [-0.4, -0.2) is 18.2 Å². The molecule has 0 aromatic heterocycles. The summed E-state index contributed by atoms with van der Waals surface area (Å²) in [5.74, 6) is 0.760. The highest BCUT2D eigenvalue weighted by Gasteiger charge is 2.29. The van der Waals surface area contributed by atoms with Gasteiger partial charge in [0.2, 0.25) is 0 Å². The largest absolute Gasteiger partial charge is 0.496 e. The van der Waals surface area contributed by atoms with E-state index in [1.54, 1.807) is 7.11 Å². The van der Waals surface area contributed by atoms with Crippen molar-refractivity contribution in [2.75, 3.05) is 7.11 Å². The lowest BCUT2D eigenvalue weighted by Gasteiger charge is -2.24. The molecular weight excluding hydrogens is 228 g/mol. The van der Waals surface area contributed by atoms with Crippen LogP contribution >= 0.6 is 0 Å². The Morgan fingerprint density at radius 2 is 2.11 bits per heavy atom. The lowest BCUT2D eigenvalue weighted by Crippen LogP contribution is -2.21. The van der Waals surface area contributed by atoms with Gasteiger partial charge in [-0.2, -0.15) is 0 Å². The molecule has 0 unspecified atom stereocenters. The molecule has 98 valence electrons. The number of carbonyl (C=O) groups is 1. The van der Waals surface area contributed by atoms with Crippen molar-refractivity contribution in [1.29, 1.82) is 0 Å². The second-order valence-electron chi connectivity index (χ2n) is 5.69. The van der Waals surface area contributed by atoms with Gasteiger partial charge in [-0.1, -0.05) is 26.0 Å². The van der Waals surface area contributed by atoms with Crippen LogP contribution in [0, 0.1) is 0 Å². The predicted molar refractivity (Wildman–Crippen MR) is 70.2 cm³/mol. The van der Waals surface area contributed by atoms with E-state index in [0.29, 0.717) is 5.92 Å². The van der Waals surface area contributed by atoms with Crippen molar-refractivity contribution in [2.24, 2.45) is 0 Å². The van der Waals surface area contributed by atoms with Crippen LogP contribution in [0.25, 0.3) is 0 Å². The van der Waals surface area contributed by atoms with Gasteiger partial charge in [-0.3, -0.25) is 4.79 Å². The van der Waals surface area contributed by atoms with E-state index in [1.807, 2.05) is 26.0 Å². The fourth-order valence-electron chi connectivity index (χ4n) is 2.34. The molecule has 3 nitrogen and oxygen atoms in total. The summed E-state index contributed by atoms with van der Waals surface area (Å²) in [6, 6.07) is 6.13. The summed E-state index contributed by atoms with van der Waals surface area (Å²) >= 11 is 0. The normalized spacial score (nSPS) is 15.5. The predicted octanol–water partition coefficient (Wildman–Crippen LogP) is 3.32. The van der Waals surface area contributed by atoms with Crippen molar-refractivity contribution in [3.63, 3.8) is 0 Å². The van der Waals surface area contributed by atoms with Crippen molar-refractivity contribution < 1.29 is 14.6 Å². The molecule has 0 saturated heterocycles. The Kier molecular flexibility index (Phi) is 3.33. The van der Waals surface area contributed by atoms with Crippen LogP contribution in [0.2, 0.25) is 0 Å². The maximum absolute atomic E-state index is 10.9. The molecule has 1 N–H and O–H groups in total. The molecular formula is C15H20O3. The van der Waals surface area contributed by atoms with Crippen LogP contribution in [-0.2, 0) is 10.2 Å². The zero-order valence-electron chi connectivity index (χ0n) is 11.2. The smallest absolute Gasteiger partial charge is 0.304 e. The first-order valence-electron chi connectivity index (χ1n) is 6.34. The molecule has 0 radical (unpaired) electrons. The molecule has 1 aliphatic rings. The fourth-order valence-corrected chi connectivity index (χ4v) is 2.34. The zero-order valence-corrected chi connectivity index (χ0v) is 11.2. The maximum Gasteiger partial charge on any atom is 0.304 e. The molecule has 0 atom stereocenters. The molecule has 3 heteroatoms. The molecule has 1 fully saturated rings. The summed E-state index contributed by atoms with van der Waals surface area (Å²) in [4.78, 5) is 10.9. The molecule has 0 heterocycles. The molecule has 0 amide bonds. The topological polar surface area (TPSA) is 46.5 Å². The third-order valence-electron chi connectivity index (χ3n) is 3.63. The Labute approximate surface area is 108 Å². The molecule has 1 saturated carbocycles. The quantitative estimate of drug-likeness (QED) is 0.869. The van der Waals surface area contributed by atoms with Crippen molar-refractivity contribution in [3.05, 3.63) is 29.3 Å². The van der Waals surface area contributed by atoms with E-state index in [4.69, 9.17) is 9.84 Å². The Hall–Kier alpha value is -1.51. The lowest BCUT2D eigenvalue weighted by atomic mass is 9.81. The Balaban J connectivity index is 2.31. The minimum atomic E-state index is -0.773. The summed E-state index contributed by atoms with van der Waals surface area (Å²) in [6.45, 7) is 3.90. The van der Waals surface area contributed by atoms with E-state index in [2.05, 4.69) is 6.07 Å². The third kappa shape index (κ3) is 2.66. The van der Waals surface area contributed by atoms with E-state index in [-0.39, 0.29) is 11.8 Å². The monoisotopic (exact) mass is 248 g/mol. The fraction of sp³-hybridized carbons (Fsp3) is 0.533. The molecule has 0 aliphatic heterocycles. The first kappa shape index (κ1) is 12.9. The summed E-state index contributed by atoms with van der Waals surface area (Å²) in [7, 11) is 1.68. The Morgan fingerprint density at radius 1 is 1.44 bits per heavy atom. The van der Waals surface area contributed by atoms with E-state index in [9.17, 15) is 4.79 Å². The minimum absolute atomic E-state index is 0.124. The highest BCUT2D eigenvalue weighted by Crippen LogP contribution is 2.45. The van der Waals surface area contributed by atoms with Gasteiger partial charge >= 0.3 is 5.97 Å². The van der Waals surface area contributed by atoms with Crippen LogP contribution in [0.3, 0.4) is 0 Å². The second-order valence-corrected chi connectivity index (χ2v) is 5.69. The first-order valence-corrected chi connectivity index (χ1v) is 6.34. The van der Waals surface area contributed by atoms with Gasteiger partial charge in [0.05, 0.1) is 13.5 Å². The number of carboxylic acids is 1. The van der Waals surface area contributed by atoms with Gasteiger partial charge < -0.3 is 9.84 Å².